The number of rotatable bonds is 4. The number of allylic oxidation sites excluding steroid dienone is 2. The van der Waals surface area contributed by atoms with E-state index < -0.39 is 5.41 Å². The van der Waals surface area contributed by atoms with Crippen molar-refractivity contribution in [2.75, 3.05) is 0 Å². The van der Waals surface area contributed by atoms with E-state index in [1.165, 1.54) is 27.6 Å². The first kappa shape index (κ1) is 31.9. The van der Waals surface area contributed by atoms with Gasteiger partial charge in [0.2, 0.25) is 0 Å². The number of aromatic nitrogens is 3. The molecule has 7 nitrogen and oxygen atoms in total. The van der Waals surface area contributed by atoms with Gasteiger partial charge in [-0.2, -0.15) is 9.78 Å². The van der Waals surface area contributed by atoms with Gasteiger partial charge in [0, 0.05) is 0 Å². The third-order valence-electron chi connectivity index (χ3n) is 15.5. The molecule has 2 aromatic rings. The van der Waals surface area contributed by atoms with Crippen molar-refractivity contribution in [3.8, 4) is 5.69 Å². The standard InChI is InChI=1S/C39H55N3O4/c1-25-15-20-39(33(44)46-24-42-34(45)41(23-40-42)27-11-9-8-10-12-27)22-21-37(6)28(32(39)26(25)2)13-14-30-36(5)18-17-31(43)35(3,4)29(36)16-19-38(30,37)7/h8-13,23,25-26,29-32,43H,14-22,24H2,1-7H3/t25-,26+,29+,30-,31+,32+,36+,37-,38-,39+/m1/s1. The fraction of sp³-hybridized carbons (Fsp3) is 0.718. The normalized spacial score (nSPS) is 42.9. The molecule has 7 heteroatoms. The first-order valence-electron chi connectivity index (χ1n) is 18.0. The number of aliphatic hydroxyl groups is 1. The molecule has 0 unspecified atom stereocenters. The molecule has 4 saturated carbocycles. The number of nitrogens with zero attached hydrogens (tertiary/aromatic N) is 3. The van der Waals surface area contributed by atoms with Crippen LogP contribution < -0.4 is 5.69 Å². The number of esters is 1. The highest BCUT2D eigenvalue weighted by Crippen LogP contribution is 2.75. The Labute approximate surface area is 274 Å². The predicted octanol–water partition coefficient (Wildman–Crippen LogP) is 7.55. The van der Waals surface area contributed by atoms with Crippen LogP contribution in [0.4, 0.5) is 0 Å². The zero-order valence-corrected chi connectivity index (χ0v) is 29.1. The van der Waals surface area contributed by atoms with Gasteiger partial charge in [-0.25, -0.2) is 9.36 Å². The quantitative estimate of drug-likeness (QED) is 0.279. The summed E-state index contributed by atoms with van der Waals surface area (Å²) in [5, 5.41) is 15.3. The van der Waals surface area contributed by atoms with E-state index in [1.807, 2.05) is 30.3 Å². The minimum absolute atomic E-state index is 0.00919. The molecule has 0 spiro atoms. The number of hydrogen-bond acceptors (Lipinski definition) is 5. The molecule has 0 radical (unpaired) electrons. The van der Waals surface area contributed by atoms with Gasteiger partial charge in [-0.15, -0.1) is 0 Å². The maximum atomic E-state index is 14.4. The molecule has 0 aliphatic heterocycles. The Morgan fingerprint density at radius 2 is 1.70 bits per heavy atom. The molecule has 5 aliphatic carbocycles. The van der Waals surface area contributed by atoms with E-state index in [9.17, 15) is 14.7 Å². The van der Waals surface area contributed by atoms with Crippen molar-refractivity contribution in [1.29, 1.82) is 0 Å². The van der Waals surface area contributed by atoms with E-state index in [0.29, 0.717) is 23.7 Å². The van der Waals surface area contributed by atoms with Gasteiger partial charge in [0.15, 0.2) is 6.73 Å². The Morgan fingerprint density at radius 3 is 2.43 bits per heavy atom. The molecule has 5 aliphatic rings. The zero-order valence-electron chi connectivity index (χ0n) is 29.1. The molecular formula is C39H55N3O4. The van der Waals surface area contributed by atoms with Gasteiger partial charge in [0.25, 0.3) is 0 Å². The smallest absolute Gasteiger partial charge is 0.353 e. The molecule has 46 heavy (non-hydrogen) atoms. The fourth-order valence-corrected chi connectivity index (χ4v) is 12.3. The second-order valence-electron chi connectivity index (χ2n) is 17.4. The lowest BCUT2D eigenvalue weighted by Gasteiger charge is -2.71. The largest absolute Gasteiger partial charge is 0.442 e. The number of carbonyl (C=O) groups excluding carboxylic acids is 1. The SMILES string of the molecule is C[C@H]1[C@H](C)CC[C@]2(C(=O)OCn3ncn(-c4ccccc4)c3=O)CC[C@]3(C)C(=CC[C@@H]4[C@@]5(C)CC[C@H](O)C(C)(C)[C@@H]5CC[C@]43C)[C@H]12. The molecular weight excluding hydrogens is 574 g/mol. The van der Waals surface area contributed by atoms with Gasteiger partial charge in [-0.1, -0.05) is 78.3 Å². The third kappa shape index (κ3) is 4.21. The summed E-state index contributed by atoms with van der Waals surface area (Å²) in [6.07, 6.45) is 12.9. The third-order valence-corrected chi connectivity index (χ3v) is 15.5. The van der Waals surface area contributed by atoms with E-state index in [0.717, 1.165) is 57.1 Å². The maximum Gasteiger partial charge on any atom is 0.353 e. The van der Waals surface area contributed by atoms with Crippen LogP contribution >= 0.6 is 0 Å². The van der Waals surface area contributed by atoms with E-state index in [4.69, 9.17) is 4.74 Å². The summed E-state index contributed by atoms with van der Waals surface area (Å²) in [5.41, 5.74) is 1.61. The number of ether oxygens (including phenoxy) is 1. The first-order chi connectivity index (χ1) is 21.7. The van der Waals surface area contributed by atoms with Gasteiger partial charge in [-0.3, -0.25) is 4.79 Å². The molecule has 1 aromatic carbocycles. The van der Waals surface area contributed by atoms with Crippen LogP contribution in [0.25, 0.3) is 5.69 Å². The molecule has 250 valence electrons. The second-order valence-corrected chi connectivity index (χ2v) is 17.4. The van der Waals surface area contributed by atoms with E-state index in [1.54, 1.807) is 0 Å². The van der Waals surface area contributed by atoms with Crippen LogP contribution in [0, 0.1) is 56.7 Å². The number of benzene rings is 1. The van der Waals surface area contributed by atoms with Crippen LogP contribution in [0.5, 0.6) is 0 Å². The van der Waals surface area contributed by atoms with E-state index in [-0.39, 0.29) is 52.1 Å². The lowest BCUT2D eigenvalue weighted by atomic mass is 9.33. The lowest BCUT2D eigenvalue weighted by molar-refractivity contribution is -0.208. The summed E-state index contributed by atoms with van der Waals surface area (Å²) in [6, 6.07) is 9.40. The van der Waals surface area contributed by atoms with Crippen LogP contribution in [0.3, 0.4) is 0 Å². The minimum atomic E-state index is -0.579. The summed E-state index contributed by atoms with van der Waals surface area (Å²) in [4.78, 5) is 27.6. The highest BCUT2D eigenvalue weighted by Gasteiger charge is 2.69. The second kappa shape index (κ2) is 10.7. The number of para-hydroxylation sites is 1. The fourth-order valence-electron chi connectivity index (χ4n) is 12.3. The zero-order chi connectivity index (χ0) is 32.9. The van der Waals surface area contributed by atoms with Crippen molar-refractivity contribution in [2.24, 2.45) is 56.7 Å². The monoisotopic (exact) mass is 629 g/mol. The molecule has 0 bridgehead atoms. The van der Waals surface area contributed by atoms with Crippen molar-refractivity contribution in [3.63, 3.8) is 0 Å². The molecule has 10 atom stereocenters. The Bertz CT molecular complexity index is 1590. The summed E-state index contributed by atoms with van der Waals surface area (Å²) in [7, 11) is 0. The molecule has 0 amide bonds. The average Bonchev–Trinajstić information content (AvgIpc) is 3.40. The molecule has 0 saturated heterocycles. The van der Waals surface area contributed by atoms with Gasteiger partial charge in [0.1, 0.15) is 6.33 Å². The molecule has 4 fully saturated rings. The molecule has 1 N–H and O–H groups in total. The topological polar surface area (TPSA) is 86.4 Å². The van der Waals surface area contributed by atoms with Crippen LogP contribution in [0.2, 0.25) is 0 Å². The summed E-state index contributed by atoms with van der Waals surface area (Å²) in [5.74, 6) is 1.93. The summed E-state index contributed by atoms with van der Waals surface area (Å²) in [6.45, 7) is 16.8. The molecule has 1 heterocycles. The summed E-state index contributed by atoms with van der Waals surface area (Å²) >= 11 is 0. The number of carbonyl (C=O) groups is 1. The number of aliphatic hydroxyl groups excluding tert-OH is 1. The van der Waals surface area contributed by atoms with Crippen molar-refractivity contribution < 1.29 is 14.6 Å². The van der Waals surface area contributed by atoms with Crippen LogP contribution in [0.15, 0.2) is 53.1 Å². The maximum absolute atomic E-state index is 14.4. The van der Waals surface area contributed by atoms with Crippen LogP contribution in [-0.2, 0) is 16.3 Å². The van der Waals surface area contributed by atoms with E-state index in [2.05, 4.69) is 59.6 Å². The number of fused-ring (bicyclic) bond motifs is 7. The Morgan fingerprint density at radius 1 is 0.957 bits per heavy atom. The first-order valence-corrected chi connectivity index (χ1v) is 18.0. The average molecular weight is 630 g/mol. The predicted molar refractivity (Wildman–Crippen MR) is 179 cm³/mol. The highest BCUT2D eigenvalue weighted by atomic mass is 16.5. The van der Waals surface area contributed by atoms with Crippen LogP contribution in [-0.4, -0.2) is 31.5 Å². The van der Waals surface area contributed by atoms with Crippen molar-refractivity contribution in [2.45, 2.75) is 119 Å². The highest BCUT2D eigenvalue weighted by molar-refractivity contribution is 5.78. The van der Waals surface area contributed by atoms with E-state index >= 15 is 0 Å². The Kier molecular flexibility index (Phi) is 7.40. The van der Waals surface area contributed by atoms with Gasteiger partial charge < -0.3 is 9.84 Å². The van der Waals surface area contributed by atoms with Gasteiger partial charge in [0.05, 0.1) is 17.2 Å². The Hall–Kier alpha value is -2.67. The molecule has 7 rings (SSSR count). The lowest BCUT2D eigenvalue weighted by Crippen LogP contribution is -2.65. The summed E-state index contributed by atoms with van der Waals surface area (Å²) < 4.78 is 8.84. The van der Waals surface area contributed by atoms with Gasteiger partial charge in [-0.05, 0) is 121 Å². The van der Waals surface area contributed by atoms with Gasteiger partial charge >= 0.3 is 11.7 Å². The number of hydrogen-bond donors (Lipinski definition) is 1. The van der Waals surface area contributed by atoms with Crippen molar-refractivity contribution in [3.05, 3.63) is 58.8 Å². The van der Waals surface area contributed by atoms with Crippen molar-refractivity contribution >= 4 is 5.97 Å². The minimum Gasteiger partial charge on any atom is -0.442 e. The van der Waals surface area contributed by atoms with Crippen molar-refractivity contribution in [1.82, 2.24) is 14.3 Å². The molecule has 1 aromatic heterocycles. The van der Waals surface area contributed by atoms with Crippen LogP contribution in [0.1, 0.15) is 106 Å². The Balaban J connectivity index is 1.20.